The molecule has 1 unspecified atom stereocenters. The van der Waals surface area contributed by atoms with Gasteiger partial charge in [0.2, 0.25) is 0 Å². The minimum Gasteiger partial charge on any atom is -0.382 e. The molecule has 1 heterocycles. The second kappa shape index (κ2) is 6.13. The Kier molecular flexibility index (Phi) is 5.12. The van der Waals surface area contributed by atoms with Gasteiger partial charge in [0.15, 0.2) is 0 Å². The van der Waals surface area contributed by atoms with Crippen molar-refractivity contribution in [1.82, 2.24) is 4.98 Å². The highest BCUT2D eigenvalue weighted by molar-refractivity contribution is 6.37. The number of rotatable bonds is 5. The maximum atomic E-state index is 5.97. The number of hydrogen-bond acceptors (Lipinski definition) is 4. The summed E-state index contributed by atoms with van der Waals surface area (Å²) in [5.41, 5.74) is 5.59. The van der Waals surface area contributed by atoms with Gasteiger partial charge in [-0.2, -0.15) is 0 Å². The average Bonchev–Trinajstić information content (AvgIpc) is 2.23. The number of hydrogen-bond donors (Lipinski definition) is 2. The van der Waals surface area contributed by atoms with E-state index in [2.05, 4.69) is 10.3 Å². The zero-order valence-electron chi connectivity index (χ0n) is 9.26. The van der Waals surface area contributed by atoms with Crippen molar-refractivity contribution >= 4 is 34.8 Å². The fraction of sp³-hybridized carbons (Fsp3) is 0.500. The molecule has 1 aromatic heterocycles. The molecule has 0 aliphatic heterocycles. The number of pyridine rings is 1. The lowest BCUT2D eigenvalue weighted by molar-refractivity contribution is 0.141. The monoisotopic (exact) mass is 263 g/mol. The van der Waals surface area contributed by atoms with E-state index in [1.807, 2.05) is 13.8 Å². The lowest BCUT2D eigenvalue weighted by Gasteiger charge is -2.15. The molecule has 0 aliphatic rings. The Balaban J connectivity index is 2.69. The summed E-state index contributed by atoms with van der Waals surface area (Å²) in [6.07, 6.45) is 0. The summed E-state index contributed by atoms with van der Waals surface area (Å²) in [5.74, 6) is 0.785. The summed E-state index contributed by atoms with van der Waals surface area (Å²) in [6, 6.07) is 1.67. The van der Waals surface area contributed by atoms with Crippen LogP contribution in [0.5, 0.6) is 0 Å². The molecule has 90 valence electrons. The van der Waals surface area contributed by atoms with Gasteiger partial charge >= 0.3 is 0 Å². The molecule has 0 radical (unpaired) electrons. The third kappa shape index (κ3) is 3.70. The maximum absolute atomic E-state index is 5.97. The number of nitrogens with one attached hydrogen (secondary N) is 1. The first-order valence-corrected chi connectivity index (χ1v) is 5.76. The van der Waals surface area contributed by atoms with Crippen LogP contribution in [0, 0.1) is 0 Å². The topological polar surface area (TPSA) is 60.2 Å². The van der Waals surface area contributed by atoms with Gasteiger partial charge in [-0.25, -0.2) is 4.98 Å². The van der Waals surface area contributed by atoms with Gasteiger partial charge in [0.25, 0.3) is 0 Å². The molecule has 1 atom stereocenters. The molecular formula is C10H15Cl2N3O. The lowest BCUT2D eigenvalue weighted by atomic mass is 10.3. The van der Waals surface area contributed by atoms with Gasteiger partial charge in [0.1, 0.15) is 11.6 Å². The maximum Gasteiger partial charge on any atom is 0.147 e. The van der Waals surface area contributed by atoms with Gasteiger partial charge in [0.05, 0.1) is 16.7 Å². The summed E-state index contributed by atoms with van der Waals surface area (Å²) in [7, 11) is 0. The Bertz CT molecular complexity index is 360. The average molecular weight is 264 g/mol. The third-order valence-corrected chi connectivity index (χ3v) is 2.50. The molecule has 6 heteroatoms. The van der Waals surface area contributed by atoms with Crippen LogP contribution in [0.25, 0.3) is 0 Å². The zero-order valence-corrected chi connectivity index (χ0v) is 10.8. The van der Waals surface area contributed by atoms with Crippen molar-refractivity contribution in [3.05, 3.63) is 16.1 Å². The van der Waals surface area contributed by atoms with Crippen molar-refractivity contribution in [3.63, 3.8) is 0 Å². The van der Waals surface area contributed by atoms with Crippen LogP contribution < -0.4 is 11.1 Å². The van der Waals surface area contributed by atoms with Crippen LogP contribution in [0.3, 0.4) is 0 Å². The van der Waals surface area contributed by atoms with Crippen LogP contribution in [0.2, 0.25) is 10.0 Å². The van der Waals surface area contributed by atoms with Gasteiger partial charge < -0.3 is 15.8 Å². The van der Waals surface area contributed by atoms with Crippen LogP contribution in [-0.4, -0.2) is 24.2 Å². The summed E-state index contributed by atoms with van der Waals surface area (Å²) < 4.78 is 5.27. The van der Waals surface area contributed by atoms with E-state index in [0.29, 0.717) is 29.1 Å². The van der Waals surface area contributed by atoms with Gasteiger partial charge in [-0.3, -0.25) is 0 Å². The van der Waals surface area contributed by atoms with Gasteiger partial charge in [0, 0.05) is 12.6 Å². The molecule has 16 heavy (non-hydrogen) atoms. The Morgan fingerprint density at radius 1 is 1.50 bits per heavy atom. The van der Waals surface area contributed by atoms with E-state index in [0.717, 1.165) is 0 Å². The SMILES string of the molecule is CCOCC(C)Nc1nc(N)c(Cl)cc1Cl. The summed E-state index contributed by atoms with van der Waals surface area (Å²) in [5, 5.41) is 3.91. The van der Waals surface area contributed by atoms with E-state index in [9.17, 15) is 0 Å². The van der Waals surface area contributed by atoms with Crippen molar-refractivity contribution in [2.24, 2.45) is 0 Å². The van der Waals surface area contributed by atoms with Crippen molar-refractivity contribution in [1.29, 1.82) is 0 Å². The molecule has 0 aromatic carbocycles. The predicted octanol–water partition coefficient (Wildman–Crippen LogP) is 2.81. The third-order valence-electron chi connectivity index (χ3n) is 1.91. The number of nitrogens with zero attached hydrogens (tertiary/aromatic N) is 1. The van der Waals surface area contributed by atoms with E-state index >= 15 is 0 Å². The normalized spacial score (nSPS) is 12.5. The Morgan fingerprint density at radius 3 is 2.81 bits per heavy atom. The molecule has 1 aromatic rings. The Labute approximate surface area is 105 Å². The zero-order chi connectivity index (χ0) is 12.1. The number of halogens is 2. The van der Waals surface area contributed by atoms with E-state index in [1.54, 1.807) is 6.07 Å². The van der Waals surface area contributed by atoms with Gasteiger partial charge in [-0.15, -0.1) is 0 Å². The van der Waals surface area contributed by atoms with Crippen molar-refractivity contribution < 1.29 is 4.74 Å². The number of nitrogen functional groups attached to an aromatic ring is 1. The van der Waals surface area contributed by atoms with Gasteiger partial charge in [-0.05, 0) is 19.9 Å². The van der Waals surface area contributed by atoms with Crippen LogP contribution in [0.15, 0.2) is 6.07 Å². The van der Waals surface area contributed by atoms with Gasteiger partial charge in [-0.1, -0.05) is 23.2 Å². The highest BCUT2D eigenvalue weighted by Gasteiger charge is 2.09. The molecular weight excluding hydrogens is 249 g/mol. The molecule has 0 spiro atoms. The van der Waals surface area contributed by atoms with Crippen molar-refractivity contribution in [2.45, 2.75) is 19.9 Å². The lowest BCUT2D eigenvalue weighted by Crippen LogP contribution is -2.22. The molecule has 3 N–H and O–H groups in total. The Hall–Kier alpha value is -0.710. The predicted molar refractivity (Wildman–Crippen MR) is 68.2 cm³/mol. The smallest absolute Gasteiger partial charge is 0.147 e. The van der Waals surface area contributed by atoms with E-state index in [-0.39, 0.29) is 11.9 Å². The number of aromatic nitrogens is 1. The minimum absolute atomic E-state index is 0.102. The fourth-order valence-corrected chi connectivity index (χ4v) is 1.56. The standard InChI is InChI=1S/C10H15Cl2N3O/c1-3-16-5-6(2)14-10-8(12)4-7(11)9(13)15-10/h4,6H,3,5H2,1-2H3,(H3,13,14,15). The molecule has 0 fully saturated rings. The fourth-order valence-electron chi connectivity index (χ4n) is 1.15. The number of anilines is 2. The first kappa shape index (κ1) is 13.4. The molecule has 0 saturated carbocycles. The van der Waals surface area contributed by atoms with E-state index in [4.69, 9.17) is 33.7 Å². The largest absolute Gasteiger partial charge is 0.382 e. The quantitative estimate of drug-likeness (QED) is 0.858. The summed E-state index contributed by atoms with van der Waals surface area (Å²) in [6.45, 7) is 5.17. The molecule has 1 rings (SSSR count). The Morgan fingerprint density at radius 2 is 2.19 bits per heavy atom. The van der Waals surface area contributed by atoms with E-state index in [1.165, 1.54) is 0 Å². The first-order chi connectivity index (χ1) is 7.54. The molecule has 4 nitrogen and oxygen atoms in total. The van der Waals surface area contributed by atoms with Crippen molar-refractivity contribution in [3.8, 4) is 0 Å². The number of ether oxygens (including phenoxy) is 1. The highest BCUT2D eigenvalue weighted by Crippen LogP contribution is 2.27. The van der Waals surface area contributed by atoms with Crippen LogP contribution in [0.1, 0.15) is 13.8 Å². The summed E-state index contributed by atoms with van der Waals surface area (Å²) in [4.78, 5) is 4.07. The minimum atomic E-state index is 0.102. The second-order valence-electron chi connectivity index (χ2n) is 3.39. The van der Waals surface area contributed by atoms with Crippen LogP contribution in [-0.2, 0) is 4.74 Å². The summed E-state index contributed by atoms with van der Waals surface area (Å²) >= 11 is 11.8. The second-order valence-corrected chi connectivity index (χ2v) is 4.21. The van der Waals surface area contributed by atoms with Crippen LogP contribution >= 0.6 is 23.2 Å². The molecule has 0 amide bonds. The van der Waals surface area contributed by atoms with E-state index < -0.39 is 0 Å². The molecule has 0 saturated heterocycles. The van der Waals surface area contributed by atoms with Crippen LogP contribution in [0.4, 0.5) is 11.6 Å². The van der Waals surface area contributed by atoms with Crippen molar-refractivity contribution in [2.75, 3.05) is 24.3 Å². The highest BCUT2D eigenvalue weighted by atomic mass is 35.5. The first-order valence-electron chi connectivity index (χ1n) is 5.00. The molecule has 0 aliphatic carbocycles. The number of nitrogens with two attached hydrogens (primary N) is 1. The molecule has 0 bridgehead atoms.